The third-order valence-corrected chi connectivity index (χ3v) is 7.61. The normalized spacial score (nSPS) is 21.3. The molecule has 6 heteroatoms. The maximum absolute atomic E-state index is 11.3. The summed E-state index contributed by atoms with van der Waals surface area (Å²) in [6.45, 7) is 2.77. The van der Waals surface area contributed by atoms with E-state index in [1.54, 1.807) is 12.1 Å². The molecule has 1 atom stereocenters. The first kappa shape index (κ1) is 30.6. The lowest BCUT2D eigenvalue weighted by Gasteiger charge is -2.33. The Morgan fingerprint density at radius 2 is 1.54 bits per heavy atom. The second-order valence-corrected chi connectivity index (χ2v) is 10.8. The Morgan fingerprint density at radius 1 is 0.872 bits per heavy atom. The molecule has 2 aliphatic carbocycles. The van der Waals surface area contributed by atoms with Gasteiger partial charge in [0.2, 0.25) is 0 Å². The van der Waals surface area contributed by atoms with Gasteiger partial charge in [0.15, 0.2) is 0 Å². The maximum atomic E-state index is 11.3. The molecule has 1 aromatic rings. The van der Waals surface area contributed by atoms with Crippen molar-refractivity contribution in [2.24, 2.45) is 5.92 Å². The molecule has 0 aromatic heterocycles. The van der Waals surface area contributed by atoms with Gasteiger partial charge in [-0.05, 0) is 61.4 Å². The van der Waals surface area contributed by atoms with Crippen LogP contribution in [0.4, 0.5) is 0 Å². The molecule has 1 saturated carbocycles. The van der Waals surface area contributed by atoms with E-state index in [0.717, 1.165) is 30.6 Å². The summed E-state index contributed by atoms with van der Waals surface area (Å²) < 4.78 is 6.73. The summed E-state index contributed by atoms with van der Waals surface area (Å²) >= 11 is 0. The number of nitrogens with zero attached hydrogens (tertiary/aromatic N) is 1. The van der Waals surface area contributed by atoms with Gasteiger partial charge in [-0.3, -0.25) is 9.69 Å². The average molecular weight is 536 g/mol. The van der Waals surface area contributed by atoms with Gasteiger partial charge in [0, 0.05) is 19.5 Å². The predicted molar refractivity (Wildman–Crippen MR) is 156 cm³/mol. The molecule has 3 rings (SSSR count). The quantitative estimate of drug-likeness (QED) is 0.245. The summed E-state index contributed by atoms with van der Waals surface area (Å²) in [5.41, 5.74) is 2.47. The first-order valence-corrected chi connectivity index (χ1v) is 14.6. The number of rotatable bonds is 14. The van der Waals surface area contributed by atoms with Crippen LogP contribution in [0.5, 0.6) is 0 Å². The van der Waals surface area contributed by atoms with Crippen LogP contribution in [0.15, 0.2) is 72.4 Å². The second kappa shape index (κ2) is 17.6. The first-order chi connectivity index (χ1) is 19.0. The van der Waals surface area contributed by atoms with Crippen LogP contribution < -0.4 is 0 Å². The van der Waals surface area contributed by atoms with Crippen LogP contribution in [0.1, 0.15) is 86.6 Å². The molecule has 2 aliphatic rings. The number of carboxylic acid groups (broad SMARTS) is 2. The fourth-order valence-corrected chi connectivity index (χ4v) is 5.39. The SMILES string of the molecule is O=C(O)CCCCN(Cc1ccc(C(=O)O)cc1)CC(OCC1=C/C=C\C=C/C=C\1)C1CCCCCCCC1. The Labute approximate surface area is 233 Å². The molecule has 0 radical (unpaired) electrons. The van der Waals surface area contributed by atoms with Crippen molar-refractivity contribution in [1.82, 2.24) is 4.90 Å². The third kappa shape index (κ3) is 12.2. The van der Waals surface area contributed by atoms with Gasteiger partial charge in [-0.25, -0.2) is 4.79 Å². The highest BCUT2D eigenvalue weighted by atomic mass is 16.5. The van der Waals surface area contributed by atoms with Crippen LogP contribution in [0.25, 0.3) is 0 Å². The fourth-order valence-electron chi connectivity index (χ4n) is 5.39. The van der Waals surface area contributed by atoms with Crippen molar-refractivity contribution in [2.45, 2.75) is 83.3 Å². The molecule has 39 heavy (non-hydrogen) atoms. The molecule has 0 saturated heterocycles. The highest BCUT2D eigenvalue weighted by Gasteiger charge is 2.25. The van der Waals surface area contributed by atoms with Crippen molar-refractivity contribution < 1.29 is 24.5 Å². The number of ether oxygens (including phenoxy) is 1. The van der Waals surface area contributed by atoms with Crippen LogP contribution in [-0.2, 0) is 16.1 Å². The monoisotopic (exact) mass is 535 g/mol. The summed E-state index contributed by atoms with van der Waals surface area (Å²) in [5, 5.41) is 18.4. The zero-order valence-electron chi connectivity index (χ0n) is 23.2. The first-order valence-electron chi connectivity index (χ1n) is 14.6. The van der Waals surface area contributed by atoms with E-state index in [1.165, 1.54) is 51.4 Å². The lowest BCUT2D eigenvalue weighted by atomic mass is 9.90. The Balaban J connectivity index is 1.76. The van der Waals surface area contributed by atoms with Gasteiger partial charge in [0.25, 0.3) is 0 Å². The molecule has 1 fully saturated rings. The predicted octanol–water partition coefficient (Wildman–Crippen LogP) is 7.19. The van der Waals surface area contributed by atoms with E-state index < -0.39 is 11.9 Å². The number of carboxylic acids is 2. The molecule has 0 aliphatic heterocycles. The van der Waals surface area contributed by atoms with Crippen LogP contribution in [0, 0.1) is 5.92 Å². The van der Waals surface area contributed by atoms with Crippen LogP contribution in [0.3, 0.4) is 0 Å². The molecule has 0 amide bonds. The second-order valence-electron chi connectivity index (χ2n) is 10.8. The highest BCUT2D eigenvalue weighted by Crippen LogP contribution is 2.28. The van der Waals surface area contributed by atoms with E-state index in [4.69, 9.17) is 9.84 Å². The number of benzene rings is 1. The Bertz CT molecular complexity index is 997. The van der Waals surface area contributed by atoms with Gasteiger partial charge in [-0.15, -0.1) is 0 Å². The van der Waals surface area contributed by atoms with Gasteiger partial charge < -0.3 is 14.9 Å². The lowest BCUT2D eigenvalue weighted by molar-refractivity contribution is -0.137. The molecular formula is C33H45NO5. The minimum atomic E-state index is -0.927. The van der Waals surface area contributed by atoms with Gasteiger partial charge in [-0.2, -0.15) is 0 Å². The topological polar surface area (TPSA) is 87.1 Å². The summed E-state index contributed by atoms with van der Waals surface area (Å²) in [6.07, 6.45) is 26.0. The van der Waals surface area contributed by atoms with Crippen molar-refractivity contribution in [2.75, 3.05) is 19.7 Å². The summed E-state index contributed by atoms with van der Waals surface area (Å²) in [7, 11) is 0. The van der Waals surface area contributed by atoms with E-state index in [-0.39, 0.29) is 18.1 Å². The summed E-state index contributed by atoms with van der Waals surface area (Å²) in [5.74, 6) is -1.21. The van der Waals surface area contributed by atoms with Gasteiger partial charge in [0.1, 0.15) is 0 Å². The zero-order valence-corrected chi connectivity index (χ0v) is 23.2. The fraction of sp³-hybridized carbons (Fsp3) is 0.515. The number of aromatic carboxylic acids is 1. The largest absolute Gasteiger partial charge is 0.481 e. The molecule has 0 heterocycles. The molecule has 0 bridgehead atoms. The Hall–Kier alpha value is -2.96. The highest BCUT2D eigenvalue weighted by molar-refractivity contribution is 5.87. The van der Waals surface area contributed by atoms with Crippen molar-refractivity contribution in [3.8, 4) is 0 Å². The number of carbonyl (C=O) groups is 2. The zero-order chi connectivity index (χ0) is 27.7. The Morgan fingerprint density at radius 3 is 2.23 bits per heavy atom. The molecule has 0 spiro atoms. The minimum absolute atomic E-state index is 0.0696. The minimum Gasteiger partial charge on any atom is -0.481 e. The lowest BCUT2D eigenvalue weighted by Crippen LogP contribution is -2.39. The van der Waals surface area contributed by atoms with E-state index in [2.05, 4.69) is 17.1 Å². The van der Waals surface area contributed by atoms with Crippen molar-refractivity contribution >= 4 is 11.9 Å². The van der Waals surface area contributed by atoms with Gasteiger partial charge in [0.05, 0.1) is 18.3 Å². The van der Waals surface area contributed by atoms with Crippen LogP contribution >= 0.6 is 0 Å². The van der Waals surface area contributed by atoms with E-state index in [0.29, 0.717) is 25.5 Å². The van der Waals surface area contributed by atoms with E-state index in [1.807, 2.05) is 42.5 Å². The standard InChI is InChI=1S/C33H45NO5/c35-32(36)18-12-13-23-34(24-27-19-21-30(22-20-27)33(37)38)25-31(29-16-10-6-1-2-7-11-17-29)39-26-28-14-8-4-3-5-9-15-28/h3-5,8-9,14-15,19-22,29,31H,1-2,6-7,10-13,16-18,23-26H2,(H,35,36)(H,37,38)/b4-3-,5-3?,8-4?,9-5-,14-8-,15-9?,28-14?,28-15+. The van der Waals surface area contributed by atoms with Crippen LogP contribution in [0.2, 0.25) is 0 Å². The molecule has 2 N–H and O–H groups in total. The van der Waals surface area contributed by atoms with Gasteiger partial charge >= 0.3 is 11.9 Å². The van der Waals surface area contributed by atoms with Crippen molar-refractivity contribution in [1.29, 1.82) is 0 Å². The molecule has 212 valence electrons. The molecular weight excluding hydrogens is 490 g/mol. The van der Waals surface area contributed by atoms with Crippen molar-refractivity contribution in [3.63, 3.8) is 0 Å². The number of hydrogen-bond acceptors (Lipinski definition) is 4. The number of hydrogen-bond donors (Lipinski definition) is 2. The van der Waals surface area contributed by atoms with Crippen molar-refractivity contribution in [3.05, 3.63) is 83.5 Å². The molecule has 1 aromatic carbocycles. The van der Waals surface area contributed by atoms with E-state index in [9.17, 15) is 14.7 Å². The van der Waals surface area contributed by atoms with Crippen LogP contribution in [-0.4, -0.2) is 52.9 Å². The Kier molecular flexibility index (Phi) is 13.8. The molecule has 6 nitrogen and oxygen atoms in total. The number of allylic oxidation sites excluding steroid dienone is 6. The number of aliphatic carboxylic acids is 1. The number of unbranched alkanes of at least 4 members (excludes halogenated alkanes) is 1. The molecule has 1 unspecified atom stereocenters. The average Bonchev–Trinajstić information content (AvgIpc) is 3.04. The smallest absolute Gasteiger partial charge is 0.335 e. The summed E-state index contributed by atoms with van der Waals surface area (Å²) in [4.78, 5) is 24.8. The maximum Gasteiger partial charge on any atom is 0.335 e. The third-order valence-electron chi connectivity index (χ3n) is 7.61. The summed E-state index contributed by atoms with van der Waals surface area (Å²) in [6, 6.07) is 7.07. The van der Waals surface area contributed by atoms with E-state index >= 15 is 0 Å². The van der Waals surface area contributed by atoms with Gasteiger partial charge in [-0.1, -0.05) is 93.2 Å².